The highest BCUT2D eigenvalue weighted by atomic mass is 16.6. The van der Waals surface area contributed by atoms with Crippen LogP contribution in [-0.2, 0) is 23.8 Å². The molecular formula is C28H42N2O7. The van der Waals surface area contributed by atoms with Crippen LogP contribution in [0, 0.1) is 28.6 Å². The Morgan fingerprint density at radius 2 is 1.78 bits per heavy atom. The van der Waals surface area contributed by atoms with E-state index < -0.39 is 29.2 Å². The smallest absolute Gasteiger partial charge is 0.427 e. The number of esters is 2. The van der Waals surface area contributed by atoms with Gasteiger partial charge in [0.2, 0.25) is 0 Å². The summed E-state index contributed by atoms with van der Waals surface area (Å²) in [5, 5.41) is 16.5. The zero-order chi connectivity index (χ0) is 27.2. The van der Waals surface area contributed by atoms with Gasteiger partial charge in [0, 0.05) is 25.7 Å². The molecule has 0 spiro atoms. The van der Waals surface area contributed by atoms with Gasteiger partial charge in [-0.05, 0) is 75.5 Å². The third-order valence-electron chi connectivity index (χ3n) is 10.0. The largest absolute Gasteiger partial charge is 0.462 e. The number of amides is 1. The molecular weight excluding hydrogens is 476 g/mol. The Balaban J connectivity index is 1.65. The number of fused-ring (bicyclic) bond motifs is 5. The van der Waals surface area contributed by atoms with Crippen LogP contribution in [0.2, 0.25) is 0 Å². The van der Waals surface area contributed by atoms with Gasteiger partial charge in [-0.3, -0.25) is 9.59 Å². The van der Waals surface area contributed by atoms with Crippen molar-refractivity contribution < 1.29 is 33.7 Å². The number of aliphatic hydroxyl groups is 1. The number of nitrogens with one attached hydrogen (secondary N) is 1. The fourth-order valence-electron chi connectivity index (χ4n) is 8.32. The Labute approximate surface area is 219 Å². The van der Waals surface area contributed by atoms with Gasteiger partial charge >= 0.3 is 18.0 Å². The Morgan fingerprint density at radius 3 is 2.43 bits per heavy atom. The summed E-state index contributed by atoms with van der Waals surface area (Å²) in [4.78, 5) is 35.5. The lowest BCUT2D eigenvalue weighted by atomic mass is 9.46. The molecule has 0 heterocycles. The van der Waals surface area contributed by atoms with Crippen molar-refractivity contribution in [2.75, 3.05) is 6.61 Å². The van der Waals surface area contributed by atoms with Crippen LogP contribution in [0.15, 0.2) is 16.8 Å². The molecule has 206 valence electrons. The zero-order valence-corrected chi connectivity index (χ0v) is 23.0. The van der Waals surface area contributed by atoms with E-state index in [1.807, 2.05) is 0 Å². The number of carbonyl (C=O) groups excluding carboxylic acids is 3. The number of hydrogen-bond donors (Lipinski definition) is 2. The van der Waals surface area contributed by atoms with Crippen LogP contribution in [0.4, 0.5) is 4.79 Å². The molecule has 0 radical (unpaired) electrons. The summed E-state index contributed by atoms with van der Waals surface area (Å²) in [6, 6.07) is 0. The fraction of sp³-hybridized carbons (Fsp3) is 0.786. The van der Waals surface area contributed by atoms with E-state index in [2.05, 4.69) is 30.5 Å². The number of hydrazone groups is 1. The average Bonchev–Trinajstić information content (AvgIpc) is 3.05. The lowest BCUT2D eigenvalue weighted by Crippen LogP contribution is -2.60. The Morgan fingerprint density at radius 1 is 1.08 bits per heavy atom. The van der Waals surface area contributed by atoms with Crippen LogP contribution in [0.5, 0.6) is 0 Å². The first-order chi connectivity index (χ1) is 17.4. The number of hydrogen-bond acceptors (Lipinski definition) is 8. The van der Waals surface area contributed by atoms with E-state index in [1.165, 1.54) is 19.4 Å². The fourth-order valence-corrected chi connectivity index (χ4v) is 8.32. The Hall–Kier alpha value is -2.42. The molecule has 9 heteroatoms. The number of ether oxygens (including phenoxy) is 3. The first-order valence-electron chi connectivity index (χ1n) is 13.6. The van der Waals surface area contributed by atoms with Crippen LogP contribution >= 0.6 is 0 Å². The number of rotatable bonds is 5. The van der Waals surface area contributed by atoms with Crippen molar-refractivity contribution in [3.8, 4) is 0 Å². The summed E-state index contributed by atoms with van der Waals surface area (Å²) in [5.41, 5.74) is 1.98. The van der Waals surface area contributed by atoms with Crippen molar-refractivity contribution in [1.82, 2.24) is 5.43 Å². The highest BCUT2D eigenvalue weighted by molar-refractivity contribution is 5.93. The van der Waals surface area contributed by atoms with E-state index in [4.69, 9.17) is 14.2 Å². The van der Waals surface area contributed by atoms with Gasteiger partial charge in [-0.25, -0.2) is 10.2 Å². The van der Waals surface area contributed by atoms with E-state index in [1.54, 1.807) is 13.8 Å². The second-order valence-electron chi connectivity index (χ2n) is 11.8. The second-order valence-corrected chi connectivity index (χ2v) is 11.8. The molecule has 0 aromatic carbocycles. The molecule has 0 aromatic heterocycles. The first-order valence-corrected chi connectivity index (χ1v) is 13.6. The van der Waals surface area contributed by atoms with Gasteiger partial charge in [0.1, 0.15) is 17.8 Å². The van der Waals surface area contributed by atoms with Gasteiger partial charge in [0.25, 0.3) is 0 Å². The van der Waals surface area contributed by atoms with Crippen LogP contribution in [-0.4, -0.2) is 53.3 Å². The zero-order valence-electron chi connectivity index (χ0n) is 23.0. The molecule has 37 heavy (non-hydrogen) atoms. The minimum absolute atomic E-state index is 0.0210. The van der Waals surface area contributed by atoms with Gasteiger partial charge in [-0.1, -0.05) is 25.5 Å². The monoisotopic (exact) mass is 518 g/mol. The van der Waals surface area contributed by atoms with Gasteiger partial charge in [-0.2, -0.15) is 5.10 Å². The number of nitrogens with zero attached hydrogens (tertiary/aromatic N) is 1. The quantitative estimate of drug-likeness (QED) is 0.183. The second kappa shape index (κ2) is 10.0. The van der Waals surface area contributed by atoms with Gasteiger partial charge < -0.3 is 19.3 Å². The summed E-state index contributed by atoms with van der Waals surface area (Å²) in [7, 11) is 0. The number of carbonyl (C=O) groups is 3. The molecule has 0 unspecified atom stereocenters. The van der Waals surface area contributed by atoms with Gasteiger partial charge in [-0.15, -0.1) is 0 Å². The molecule has 3 fully saturated rings. The van der Waals surface area contributed by atoms with Gasteiger partial charge in [0.15, 0.2) is 0 Å². The van der Waals surface area contributed by atoms with Crippen molar-refractivity contribution in [1.29, 1.82) is 0 Å². The highest BCUT2D eigenvalue weighted by Gasteiger charge is 2.69. The minimum Gasteiger partial charge on any atom is -0.462 e. The third kappa shape index (κ3) is 4.57. The minimum atomic E-state index is -1.52. The molecule has 0 bridgehead atoms. The first kappa shape index (κ1) is 27.6. The van der Waals surface area contributed by atoms with Crippen molar-refractivity contribution in [3.05, 3.63) is 11.6 Å². The van der Waals surface area contributed by atoms with Crippen LogP contribution in [0.25, 0.3) is 0 Å². The molecule has 2 N–H and O–H groups in total. The SMILES string of the molecule is CCOC(=O)N/N=C(\C)[C@@]1(O)[C@H](OC(C)=O)C[C@@H]2[C@@H]3CC=C4C[C@@H](OC(C)=O)CC[C@]4(C)[C@H]3CC[C@@]21C. The standard InChI is InChI=1S/C28H42N2O7/c1-7-35-25(33)30-29-16(2)28(34)24(37-18(4)32)15-23-21-9-8-19-14-20(36-17(3)31)10-12-26(19,5)22(21)11-13-27(23,28)6/h8,20-24,34H,7,9-15H2,1-6H3,(H,30,33)/b29-16+/t20-,21+,22-,23+,24+,26-,27-,28+/m0/s1. The third-order valence-corrected chi connectivity index (χ3v) is 10.0. The molecule has 4 aliphatic rings. The average molecular weight is 519 g/mol. The van der Waals surface area contributed by atoms with Crippen LogP contribution in [0.3, 0.4) is 0 Å². The summed E-state index contributed by atoms with van der Waals surface area (Å²) in [6.45, 7) is 10.8. The van der Waals surface area contributed by atoms with E-state index in [-0.39, 0.29) is 30.0 Å². The molecule has 4 rings (SSSR count). The summed E-state index contributed by atoms with van der Waals surface area (Å²) >= 11 is 0. The lowest BCUT2D eigenvalue weighted by Gasteiger charge is -2.58. The maximum atomic E-state index is 12.3. The summed E-state index contributed by atoms with van der Waals surface area (Å²) in [5.74, 6) is 0.173. The predicted octanol–water partition coefficient (Wildman–Crippen LogP) is 4.28. The molecule has 9 nitrogen and oxygen atoms in total. The maximum Gasteiger partial charge on any atom is 0.427 e. The summed E-state index contributed by atoms with van der Waals surface area (Å²) < 4.78 is 16.2. The molecule has 0 saturated heterocycles. The molecule has 0 aromatic rings. The van der Waals surface area contributed by atoms with E-state index >= 15 is 0 Å². The molecule has 8 atom stereocenters. The van der Waals surface area contributed by atoms with Crippen LogP contribution in [0.1, 0.15) is 86.5 Å². The topological polar surface area (TPSA) is 124 Å². The summed E-state index contributed by atoms with van der Waals surface area (Å²) in [6.07, 6.45) is 6.51. The van der Waals surface area contributed by atoms with E-state index in [9.17, 15) is 19.5 Å². The highest BCUT2D eigenvalue weighted by Crippen LogP contribution is 2.67. The van der Waals surface area contributed by atoms with E-state index in [0.29, 0.717) is 24.0 Å². The van der Waals surface area contributed by atoms with Crippen LogP contribution < -0.4 is 5.43 Å². The molecule has 4 aliphatic carbocycles. The molecule has 1 amide bonds. The maximum absolute atomic E-state index is 12.3. The number of allylic oxidation sites excluding steroid dienone is 1. The normalized spacial score (nSPS) is 40.9. The van der Waals surface area contributed by atoms with Crippen molar-refractivity contribution in [2.24, 2.45) is 33.7 Å². The van der Waals surface area contributed by atoms with Gasteiger partial charge in [0.05, 0.1) is 12.3 Å². The van der Waals surface area contributed by atoms with Crippen molar-refractivity contribution in [3.63, 3.8) is 0 Å². The Kier molecular flexibility index (Phi) is 7.49. The Bertz CT molecular complexity index is 1010. The van der Waals surface area contributed by atoms with E-state index in [0.717, 1.165) is 38.5 Å². The molecule has 0 aliphatic heterocycles. The molecule has 3 saturated carbocycles. The predicted molar refractivity (Wildman–Crippen MR) is 136 cm³/mol. The van der Waals surface area contributed by atoms with Crippen molar-refractivity contribution >= 4 is 23.7 Å². The van der Waals surface area contributed by atoms with Crippen molar-refractivity contribution in [2.45, 2.75) is 104 Å². The lowest BCUT2D eigenvalue weighted by molar-refractivity contribution is -0.161.